The average molecular weight is 360 g/mol. The zero-order valence-corrected chi connectivity index (χ0v) is 14.1. The van der Waals surface area contributed by atoms with E-state index < -0.39 is 4.92 Å². The van der Waals surface area contributed by atoms with Gasteiger partial charge in [0.2, 0.25) is 0 Å². The van der Waals surface area contributed by atoms with Crippen LogP contribution in [0.4, 0.5) is 5.69 Å². The third kappa shape index (κ3) is 4.93. The molecule has 0 saturated carbocycles. The number of halogens is 1. The maximum absolute atomic E-state index is 12.1. The van der Waals surface area contributed by atoms with Crippen LogP contribution >= 0.6 is 11.6 Å². The zero-order valence-electron chi connectivity index (χ0n) is 13.3. The number of hydrogen-bond donors (Lipinski definition) is 0. The van der Waals surface area contributed by atoms with Gasteiger partial charge in [-0.2, -0.15) is 5.26 Å². The number of nitrogens with zero attached hydrogens (tertiary/aromatic N) is 3. The number of rotatable bonds is 6. The molecular formula is C17H14ClN3O4. The highest BCUT2D eigenvalue weighted by atomic mass is 35.5. The summed E-state index contributed by atoms with van der Waals surface area (Å²) in [7, 11) is 1.56. The number of hydrogen-bond acceptors (Lipinski definition) is 5. The molecule has 128 valence electrons. The Kier molecular flexibility index (Phi) is 5.93. The minimum atomic E-state index is -0.518. The summed E-state index contributed by atoms with van der Waals surface area (Å²) in [6.07, 6.45) is 0. The van der Waals surface area contributed by atoms with Gasteiger partial charge in [-0.05, 0) is 35.9 Å². The van der Waals surface area contributed by atoms with Gasteiger partial charge in [0.1, 0.15) is 5.75 Å². The first-order valence-electron chi connectivity index (χ1n) is 7.20. The topological polar surface area (TPSA) is 96.5 Å². The Labute approximate surface area is 149 Å². The lowest BCUT2D eigenvalue weighted by Crippen LogP contribution is -2.31. The van der Waals surface area contributed by atoms with E-state index in [2.05, 4.69) is 0 Å². The third-order valence-corrected chi connectivity index (χ3v) is 3.79. The van der Waals surface area contributed by atoms with Gasteiger partial charge in [-0.1, -0.05) is 11.6 Å². The number of likely N-dealkylation sites (N-methyl/N-ethyl adjacent to an activating group) is 1. The Bertz CT molecular complexity index is 831. The molecule has 0 unspecified atom stereocenters. The molecule has 0 bridgehead atoms. The van der Waals surface area contributed by atoms with Crippen molar-refractivity contribution in [1.82, 2.24) is 4.90 Å². The van der Waals surface area contributed by atoms with Gasteiger partial charge in [0.25, 0.3) is 11.6 Å². The van der Waals surface area contributed by atoms with Gasteiger partial charge in [0.15, 0.2) is 6.61 Å². The molecule has 0 aliphatic rings. The molecule has 2 rings (SSSR count). The number of nitro groups is 1. The predicted molar refractivity (Wildman–Crippen MR) is 91.2 cm³/mol. The Morgan fingerprint density at radius 3 is 2.60 bits per heavy atom. The van der Waals surface area contributed by atoms with Crippen molar-refractivity contribution in [2.75, 3.05) is 13.7 Å². The molecule has 2 aromatic carbocycles. The molecule has 0 aliphatic heterocycles. The van der Waals surface area contributed by atoms with Crippen LogP contribution in [0.3, 0.4) is 0 Å². The van der Waals surface area contributed by atoms with Crippen LogP contribution in [0.5, 0.6) is 5.75 Å². The normalized spacial score (nSPS) is 9.96. The SMILES string of the molecule is CN(Cc1cc([N+](=O)[O-])ccc1Cl)C(=O)COc1ccc(C#N)cc1. The van der Waals surface area contributed by atoms with Crippen LogP contribution in [0.2, 0.25) is 5.02 Å². The highest BCUT2D eigenvalue weighted by Crippen LogP contribution is 2.23. The summed E-state index contributed by atoms with van der Waals surface area (Å²) in [4.78, 5) is 23.8. The van der Waals surface area contributed by atoms with E-state index in [9.17, 15) is 14.9 Å². The van der Waals surface area contributed by atoms with Crippen molar-refractivity contribution < 1.29 is 14.5 Å². The first kappa shape index (κ1) is 18.2. The van der Waals surface area contributed by atoms with E-state index in [1.54, 1.807) is 31.3 Å². The zero-order chi connectivity index (χ0) is 18.4. The van der Waals surface area contributed by atoms with Crippen molar-refractivity contribution >= 4 is 23.2 Å². The number of benzene rings is 2. The quantitative estimate of drug-likeness (QED) is 0.583. The third-order valence-electron chi connectivity index (χ3n) is 3.42. The molecule has 0 atom stereocenters. The molecule has 1 amide bonds. The number of carbonyl (C=O) groups excluding carboxylic acids is 1. The van der Waals surface area contributed by atoms with Gasteiger partial charge >= 0.3 is 0 Å². The van der Waals surface area contributed by atoms with E-state index in [1.807, 2.05) is 6.07 Å². The van der Waals surface area contributed by atoms with Crippen molar-refractivity contribution in [1.29, 1.82) is 5.26 Å². The van der Waals surface area contributed by atoms with Crippen LogP contribution in [0, 0.1) is 21.4 Å². The first-order chi connectivity index (χ1) is 11.9. The average Bonchev–Trinajstić information content (AvgIpc) is 2.61. The van der Waals surface area contributed by atoms with Gasteiger partial charge in [0, 0.05) is 30.7 Å². The van der Waals surface area contributed by atoms with Crippen LogP contribution in [0.15, 0.2) is 42.5 Å². The van der Waals surface area contributed by atoms with Crippen molar-refractivity contribution in [2.24, 2.45) is 0 Å². The number of amides is 1. The highest BCUT2D eigenvalue weighted by Gasteiger charge is 2.15. The van der Waals surface area contributed by atoms with Crippen molar-refractivity contribution in [3.05, 3.63) is 68.7 Å². The van der Waals surface area contributed by atoms with E-state index in [0.717, 1.165) is 0 Å². The van der Waals surface area contributed by atoms with Gasteiger partial charge in [-0.25, -0.2) is 0 Å². The van der Waals surface area contributed by atoms with Crippen LogP contribution < -0.4 is 4.74 Å². The monoisotopic (exact) mass is 359 g/mol. The van der Waals surface area contributed by atoms with Crippen LogP contribution in [-0.4, -0.2) is 29.4 Å². The number of nitro benzene ring substituents is 1. The van der Waals surface area contributed by atoms with E-state index in [1.165, 1.54) is 23.1 Å². The predicted octanol–water partition coefficient (Wildman–Crippen LogP) is 3.16. The van der Waals surface area contributed by atoms with Gasteiger partial charge in [0.05, 0.1) is 16.6 Å². The molecule has 25 heavy (non-hydrogen) atoms. The fourth-order valence-corrected chi connectivity index (χ4v) is 2.20. The molecule has 0 spiro atoms. The molecular weight excluding hydrogens is 346 g/mol. The molecule has 0 saturated heterocycles. The Morgan fingerprint density at radius 1 is 1.32 bits per heavy atom. The summed E-state index contributed by atoms with van der Waals surface area (Å²) >= 11 is 6.03. The van der Waals surface area contributed by atoms with Crippen LogP contribution in [0.25, 0.3) is 0 Å². The second-order valence-electron chi connectivity index (χ2n) is 5.21. The van der Waals surface area contributed by atoms with Crippen molar-refractivity contribution in [2.45, 2.75) is 6.54 Å². The van der Waals surface area contributed by atoms with Gasteiger partial charge in [-0.15, -0.1) is 0 Å². The van der Waals surface area contributed by atoms with Gasteiger partial charge < -0.3 is 9.64 Å². The fourth-order valence-electron chi connectivity index (χ4n) is 2.02. The Balaban J connectivity index is 1.97. The van der Waals surface area contributed by atoms with Crippen molar-refractivity contribution in [3.8, 4) is 11.8 Å². The summed E-state index contributed by atoms with van der Waals surface area (Å²) in [6, 6.07) is 12.5. The lowest BCUT2D eigenvalue weighted by atomic mass is 10.2. The summed E-state index contributed by atoms with van der Waals surface area (Å²) in [5.74, 6) is 0.154. The molecule has 2 aromatic rings. The summed E-state index contributed by atoms with van der Waals surface area (Å²) in [6.45, 7) is -0.0784. The van der Waals surface area contributed by atoms with E-state index in [4.69, 9.17) is 21.6 Å². The molecule has 0 heterocycles. The molecule has 0 aromatic heterocycles. The second kappa shape index (κ2) is 8.13. The van der Waals surface area contributed by atoms with Crippen LogP contribution in [-0.2, 0) is 11.3 Å². The molecule has 0 fully saturated rings. The lowest BCUT2D eigenvalue weighted by Gasteiger charge is -2.18. The highest BCUT2D eigenvalue weighted by molar-refractivity contribution is 6.31. The molecule has 0 aliphatic carbocycles. The largest absolute Gasteiger partial charge is 0.484 e. The van der Waals surface area contributed by atoms with Crippen molar-refractivity contribution in [3.63, 3.8) is 0 Å². The maximum Gasteiger partial charge on any atom is 0.269 e. The van der Waals surface area contributed by atoms with E-state index in [-0.39, 0.29) is 24.7 Å². The smallest absolute Gasteiger partial charge is 0.269 e. The maximum atomic E-state index is 12.1. The minimum absolute atomic E-state index is 0.0888. The number of non-ortho nitro benzene ring substituents is 1. The number of carbonyl (C=O) groups is 1. The molecule has 8 heteroatoms. The second-order valence-corrected chi connectivity index (χ2v) is 5.61. The van der Waals surface area contributed by atoms with E-state index in [0.29, 0.717) is 21.9 Å². The summed E-state index contributed by atoms with van der Waals surface area (Å²) in [5, 5.41) is 19.9. The molecule has 7 nitrogen and oxygen atoms in total. The van der Waals surface area contributed by atoms with E-state index >= 15 is 0 Å². The molecule has 0 N–H and O–H groups in total. The number of ether oxygens (including phenoxy) is 1. The lowest BCUT2D eigenvalue weighted by molar-refractivity contribution is -0.384. The molecule has 0 radical (unpaired) electrons. The van der Waals surface area contributed by atoms with Gasteiger partial charge in [-0.3, -0.25) is 14.9 Å². The standard InChI is InChI=1S/C17H14ClN3O4/c1-20(10-13-8-14(21(23)24)4-7-16(13)18)17(22)11-25-15-5-2-12(9-19)3-6-15/h2-8H,10-11H2,1H3. The van der Waals surface area contributed by atoms with Crippen LogP contribution in [0.1, 0.15) is 11.1 Å². The first-order valence-corrected chi connectivity index (χ1v) is 7.58. The Hall–Kier alpha value is -3.11. The number of nitriles is 1. The fraction of sp³-hybridized carbons (Fsp3) is 0.176. The summed E-state index contributed by atoms with van der Waals surface area (Å²) < 4.78 is 5.38. The minimum Gasteiger partial charge on any atom is -0.484 e. The summed E-state index contributed by atoms with van der Waals surface area (Å²) in [5.41, 5.74) is 0.885. The Morgan fingerprint density at radius 2 is 2.00 bits per heavy atom.